The highest BCUT2D eigenvalue weighted by molar-refractivity contribution is 5.76. The van der Waals surface area contributed by atoms with Crippen molar-refractivity contribution >= 4 is 5.91 Å². The van der Waals surface area contributed by atoms with E-state index >= 15 is 0 Å². The number of rotatable bonds is 13. The van der Waals surface area contributed by atoms with Crippen LogP contribution in [0.3, 0.4) is 0 Å². The number of hydrogen-bond donors (Lipinski definition) is 4. The summed E-state index contributed by atoms with van der Waals surface area (Å²) in [7, 11) is 2.20. The van der Waals surface area contributed by atoms with E-state index in [0.29, 0.717) is 58.8 Å². The van der Waals surface area contributed by atoms with Crippen LogP contribution in [0, 0.1) is 46.3 Å². The minimum Gasteiger partial charge on any atom is -0.393 e. The van der Waals surface area contributed by atoms with Crippen LogP contribution < -0.4 is 16.4 Å². The summed E-state index contributed by atoms with van der Waals surface area (Å²) < 4.78 is 0. The van der Waals surface area contributed by atoms with E-state index in [9.17, 15) is 9.90 Å². The molecule has 4 aliphatic carbocycles. The monoisotopic (exact) mass is 561 g/mol. The van der Waals surface area contributed by atoms with Gasteiger partial charge in [0, 0.05) is 18.5 Å². The molecule has 6 heteroatoms. The Morgan fingerprint density at radius 1 is 1.00 bits per heavy atom. The number of aliphatic hydroxyl groups excluding tert-OH is 1. The Labute approximate surface area is 246 Å². The van der Waals surface area contributed by atoms with Gasteiger partial charge in [-0.1, -0.05) is 20.8 Å². The average Bonchev–Trinajstić information content (AvgIpc) is 3.26. The standard InChI is InChI=1S/C34H64N4O2/c1-23(2)37-31(40)12-9-24(3)27-10-11-28-32-29(14-16-34(27,28)5)33(4)15-13-26(21-25(33)22-30(32)39)36-18-8-20-38(6)19-7-17-35/h23-30,32,36,39H,7-22,35H2,1-6H3,(H,37,40)/t24-,25?,26+,27?,28?,29?,30-,32?,33+,34-/m1/s1. The second-order valence-electron chi connectivity index (χ2n) is 15.5. The number of carbonyl (C=O) groups excluding carboxylic acids is 1. The molecule has 232 valence electrons. The zero-order chi connectivity index (χ0) is 29.1. The Morgan fingerprint density at radius 3 is 2.42 bits per heavy atom. The third kappa shape index (κ3) is 6.92. The van der Waals surface area contributed by atoms with Crippen LogP contribution in [0.5, 0.6) is 0 Å². The maximum atomic E-state index is 12.3. The van der Waals surface area contributed by atoms with Crippen LogP contribution >= 0.6 is 0 Å². The molecular weight excluding hydrogens is 496 g/mol. The van der Waals surface area contributed by atoms with E-state index in [-0.39, 0.29) is 18.1 Å². The lowest BCUT2D eigenvalue weighted by molar-refractivity contribution is -0.167. The van der Waals surface area contributed by atoms with E-state index in [1.54, 1.807) is 0 Å². The topological polar surface area (TPSA) is 90.6 Å². The molecule has 5 N–H and O–H groups in total. The highest BCUT2D eigenvalue weighted by Crippen LogP contribution is 2.68. The fourth-order valence-electron chi connectivity index (χ4n) is 10.5. The zero-order valence-electron chi connectivity index (χ0n) is 26.9. The van der Waals surface area contributed by atoms with Crippen molar-refractivity contribution in [1.29, 1.82) is 0 Å². The highest BCUT2D eigenvalue weighted by atomic mass is 16.3. The van der Waals surface area contributed by atoms with Gasteiger partial charge in [-0.2, -0.15) is 0 Å². The molecule has 1 amide bonds. The largest absolute Gasteiger partial charge is 0.393 e. The highest BCUT2D eigenvalue weighted by Gasteiger charge is 2.62. The molecule has 0 bridgehead atoms. The van der Waals surface area contributed by atoms with Crippen LogP contribution in [0.25, 0.3) is 0 Å². The molecule has 0 spiro atoms. The number of nitrogens with zero attached hydrogens (tertiary/aromatic N) is 1. The number of fused-ring (bicyclic) bond motifs is 5. The summed E-state index contributed by atoms with van der Waals surface area (Å²) in [5.41, 5.74) is 6.35. The Hall–Kier alpha value is -0.690. The van der Waals surface area contributed by atoms with Crippen LogP contribution in [0.2, 0.25) is 0 Å². The predicted molar refractivity (Wildman–Crippen MR) is 166 cm³/mol. The molecule has 0 aliphatic heterocycles. The van der Waals surface area contributed by atoms with Crippen molar-refractivity contribution in [3.05, 3.63) is 0 Å². The van der Waals surface area contributed by atoms with Gasteiger partial charge in [-0.15, -0.1) is 0 Å². The Bertz CT molecular complexity index is 822. The van der Waals surface area contributed by atoms with Gasteiger partial charge in [0.25, 0.3) is 0 Å². The van der Waals surface area contributed by atoms with E-state index in [4.69, 9.17) is 5.73 Å². The third-order valence-corrected chi connectivity index (χ3v) is 12.6. The van der Waals surface area contributed by atoms with Crippen LogP contribution in [0.15, 0.2) is 0 Å². The summed E-state index contributed by atoms with van der Waals surface area (Å²) >= 11 is 0. The van der Waals surface area contributed by atoms with E-state index in [1.165, 1.54) is 51.4 Å². The number of amides is 1. The smallest absolute Gasteiger partial charge is 0.220 e. The summed E-state index contributed by atoms with van der Waals surface area (Å²) in [5.74, 6) is 3.86. The summed E-state index contributed by atoms with van der Waals surface area (Å²) in [6, 6.07) is 0.823. The van der Waals surface area contributed by atoms with Gasteiger partial charge >= 0.3 is 0 Å². The molecule has 5 unspecified atom stereocenters. The molecule has 0 saturated heterocycles. The summed E-state index contributed by atoms with van der Waals surface area (Å²) in [4.78, 5) is 14.7. The van der Waals surface area contributed by atoms with Crippen molar-refractivity contribution in [2.45, 2.75) is 130 Å². The molecule has 4 fully saturated rings. The second kappa shape index (κ2) is 13.7. The normalized spacial score (nSPS) is 40.0. The number of nitrogens with two attached hydrogens (primary N) is 1. The van der Waals surface area contributed by atoms with Gasteiger partial charge in [0.15, 0.2) is 0 Å². The molecule has 4 aliphatic rings. The molecule has 4 rings (SSSR count). The Morgan fingerprint density at radius 2 is 1.70 bits per heavy atom. The summed E-state index contributed by atoms with van der Waals surface area (Å²) in [6.45, 7) is 15.7. The molecule has 10 atom stereocenters. The first-order chi connectivity index (χ1) is 19.0. The lowest BCUT2D eigenvalue weighted by Crippen LogP contribution is -2.59. The van der Waals surface area contributed by atoms with Crippen molar-refractivity contribution in [2.75, 3.05) is 33.2 Å². The van der Waals surface area contributed by atoms with Crippen LogP contribution in [0.4, 0.5) is 0 Å². The van der Waals surface area contributed by atoms with Gasteiger partial charge in [0.05, 0.1) is 6.10 Å². The average molecular weight is 561 g/mol. The number of hydrogen-bond acceptors (Lipinski definition) is 5. The molecule has 0 aromatic carbocycles. The molecular formula is C34H64N4O2. The Kier molecular flexibility index (Phi) is 11.1. The van der Waals surface area contributed by atoms with Gasteiger partial charge in [-0.3, -0.25) is 4.79 Å². The molecule has 40 heavy (non-hydrogen) atoms. The van der Waals surface area contributed by atoms with Gasteiger partial charge in [-0.05, 0) is 164 Å². The molecule has 4 saturated carbocycles. The van der Waals surface area contributed by atoms with Crippen LogP contribution in [0.1, 0.15) is 112 Å². The number of carbonyl (C=O) groups is 1. The molecule has 6 nitrogen and oxygen atoms in total. The summed E-state index contributed by atoms with van der Waals surface area (Å²) in [5, 5.41) is 18.7. The van der Waals surface area contributed by atoms with Crippen molar-refractivity contribution in [3.8, 4) is 0 Å². The maximum Gasteiger partial charge on any atom is 0.220 e. The lowest BCUT2D eigenvalue weighted by atomic mass is 9.43. The fourth-order valence-corrected chi connectivity index (χ4v) is 10.5. The van der Waals surface area contributed by atoms with Crippen molar-refractivity contribution < 1.29 is 9.90 Å². The second-order valence-corrected chi connectivity index (χ2v) is 15.5. The van der Waals surface area contributed by atoms with E-state index in [2.05, 4.69) is 43.4 Å². The van der Waals surface area contributed by atoms with E-state index in [1.807, 2.05) is 13.8 Å². The van der Waals surface area contributed by atoms with Crippen LogP contribution in [-0.4, -0.2) is 67.3 Å². The molecule has 0 heterocycles. The van der Waals surface area contributed by atoms with Crippen molar-refractivity contribution in [2.24, 2.45) is 52.1 Å². The van der Waals surface area contributed by atoms with Crippen molar-refractivity contribution in [1.82, 2.24) is 15.5 Å². The quantitative estimate of drug-likeness (QED) is 0.233. The first kappa shape index (κ1) is 32.2. The maximum absolute atomic E-state index is 12.3. The van der Waals surface area contributed by atoms with E-state index < -0.39 is 0 Å². The predicted octanol–water partition coefficient (Wildman–Crippen LogP) is 5.19. The van der Waals surface area contributed by atoms with Gasteiger partial charge in [0.1, 0.15) is 0 Å². The fraction of sp³-hybridized carbons (Fsp3) is 0.971. The molecule has 0 aromatic rings. The van der Waals surface area contributed by atoms with Crippen molar-refractivity contribution in [3.63, 3.8) is 0 Å². The van der Waals surface area contributed by atoms with Gasteiger partial charge < -0.3 is 26.4 Å². The first-order valence-electron chi connectivity index (χ1n) is 17.1. The summed E-state index contributed by atoms with van der Waals surface area (Å²) in [6.07, 6.45) is 13.7. The number of aliphatic hydroxyl groups is 1. The minimum absolute atomic E-state index is 0.145. The lowest BCUT2D eigenvalue weighted by Gasteiger charge is -2.62. The first-order valence-corrected chi connectivity index (χ1v) is 17.1. The van der Waals surface area contributed by atoms with Crippen LogP contribution in [-0.2, 0) is 4.79 Å². The van der Waals surface area contributed by atoms with Gasteiger partial charge in [-0.25, -0.2) is 0 Å². The minimum atomic E-state index is -0.145. The Balaban J connectivity index is 1.32. The number of nitrogens with one attached hydrogen (secondary N) is 2. The zero-order valence-corrected chi connectivity index (χ0v) is 26.9. The molecule has 0 radical (unpaired) electrons. The van der Waals surface area contributed by atoms with E-state index in [0.717, 1.165) is 45.4 Å². The molecule has 0 aromatic heterocycles. The van der Waals surface area contributed by atoms with Gasteiger partial charge in [0.2, 0.25) is 5.91 Å². The SMILES string of the molecule is CC(C)NC(=O)CC[C@@H](C)C1CCC2C3C(CC[C@@]21C)[C@@]1(C)CC[C@H](NCCCN(C)CCCN)CC1C[C@H]3O. The third-order valence-electron chi connectivity index (χ3n) is 12.6.